The maximum Gasteiger partial charge on any atom is 0.222 e. The summed E-state index contributed by atoms with van der Waals surface area (Å²) >= 11 is 0. The number of pyridine rings is 1. The van der Waals surface area contributed by atoms with E-state index in [0.29, 0.717) is 17.9 Å². The molecule has 1 spiro atoms. The largest absolute Gasteiger partial charge is 0.376 e. The Bertz CT molecular complexity index is 643. The van der Waals surface area contributed by atoms with Crippen LogP contribution in [-0.2, 0) is 16.0 Å². The number of hydrogen-bond donors (Lipinski definition) is 0. The van der Waals surface area contributed by atoms with E-state index in [-0.39, 0.29) is 5.91 Å². The number of aryl methyl sites for hydroxylation is 1. The van der Waals surface area contributed by atoms with Crippen LogP contribution in [-0.4, -0.2) is 66.1 Å². The van der Waals surface area contributed by atoms with Crippen molar-refractivity contribution in [1.29, 1.82) is 0 Å². The second-order valence-electron chi connectivity index (χ2n) is 9.39. The summed E-state index contributed by atoms with van der Waals surface area (Å²) < 4.78 is 6.23. The molecular formula is C23H35N3O2. The van der Waals surface area contributed by atoms with E-state index in [1.54, 1.807) is 6.20 Å². The van der Waals surface area contributed by atoms with E-state index in [2.05, 4.69) is 21.7 Å². The Morgan fingerprint density at radius 2 is 2.18 bits per heavy atom. The number of likely N-dealkylation sites (tertiary alicyclic amines) is 2. The summed E-state index contributed by atoms with van der Waals surface area (Å²) in [7, 11) is 0. The average Bonchev–Trinajstić information content (AvgIpc) is 3.09. The number of rotatable bonds is 5. The van der Waals surface area contributed by atoms with Crippen LogP contribution in [0.4, 0.5) is 0 Å². The van der Waals surface area contributed by atoms with Crippen molar-refractivity contribution in [1.82, 2.24) is 14.8 Å². The van der Waals surface area contributed by atoms with Crippen molar-refractivity contribution in [2.75, 3.05) is 39.3 Å². The van der Waals surface area contributed by atoms with E-state index < -0.39 is 0 Å². The molecule has 3 aliphatic heterocycles. The van der Waals surface area contributed by atoms with Crippen LogP contribution in [0.5, 0.6) is 0 Å². The van der Waals surface area contributed by atoms with Gasteiger partial charge in [-0.2, -0.15) is 0 Å². The third-order valence-corrected chi connectivity index (χ3v) is 7.02. The molecule has 0 aromatic carbocycles. The standard InChI is InChI=1S/C23H35N3O2/c1-19-4-3-11-25(16-19)17-21-14-23(18-28-21)8-12-26(13-9-23)22(27)7-6-20-5-2-10-24-15-20/h2,5,10,15,19,21H,3-4,6-9,11-14,16-18H2,1H3/t19-,21-/m0/s1. The van der Waals surface area contributed by atoms with Crippen LogP contribution in [0.15, 0.2) is 24.5 Å². The number of hydrogen-bond acceptors (Lipinski definition) is 4. The zero-order valence-corrected chi connectivity index (χ0v) is 17.3. The molecule has 28 heavy (non-hydrogen) atoms. The average molecular weight is 386 g/mol. The lowest BCUT2D eigenvalue weighted by atomic mass is 9.76. The number of amides is 1. The van der Waals surface area contributed by atoms with Gasteiger partial charge in [-0.3, -0.25) is 9.78 Å². The van der Waals surface area contributed by atoms with Gasteiger partial charge in [-0.15, -0.1) is 0 Å². The van der Waals surface area contributed by atoms with Crippen LogP contribution in [0, 0.1) is 11.3 Å². The van der Waals surface area contributed by atoms with Crippen LogP contribution >= 0.6 is 0 Å². The maximum absolute atomic E-state index is 12.6. The van der Waals surface area contributed by atoms with Gasteiger partial charge in [0.25, 0.3) is 0 Å². The molecule has 0 saturated carbocycles. The van der Waals surface area contributed by atoms with Gasteiger partial charge in [-0.05, 0) is 68.0 Å². The number of piperidine rings is 2. The Kier molecular flexibility index (Phi) is 6.32. The number of carbonyl (C=O) groups excluding carboxylic acids is 1. The van der Waals surface area contributed by atoms with Gasteiger partial charge in [0, 0.05) is 45.0 Å². The molecule has 5 heteroatoms. The Morgan fingerprint density at radius 1 is 1.32 bits per heavy atom. The van der Waals surface area contributed by atoms with Crippen molar-refractivity contribution in [2.24, 2.45) is 11.3 Å². The van der Waals surface area contributed by atoms with Crippen molar-refractivity contribution in [2.45, 2.75) is 58.0 Å². The lowest BCUT2D eigenvalue weighted by molar-refractivity contribution is -0.133. The van der Waals surface area contributed by atoms with Crippen molar-refractivity contribution in [3.8, 4) is 0 Å². The molecule has 5 nitrogen and oxygen atoms in total. The van der Waals surface area contributed by atoms with Crippen molar-refractivity contribution >= 4 is 5.91 Å². The van der Waals surface area contributed by atoms with E-state index in [9.17, 15) is 4.79 Å². The number of nitrogens with zero attached hydrogens (tertiary/aromatic N) is 3. The first-order chi connectivity index (χ1) is 13.6. The first kappa shape index (κ1) is 19.8. The van der Waals surface area contributed by atoms with Crippen LogP contribution in [0.2, 0.25) is 0 Å². The highest BCUT2D eigenvalue weighted by molar-refractivity contribution is 5.76. The van der Waals surface area contributed by atoms with Gasteiger partial charge in [0.2, 0.25) is 5.91 Å². The monoisotopic (exact) mass is 385 g/mol. The summed E-state index contributed by atoms with van der Waals surface area (Å²) in [4.78, 5) is 21.4. The summed E-state index contributed by atoms with van der Waals surface area (Å²) in [6.45, 7) is 8.59. The topological polar surface area (TPSA) is 45.7 Å². The number of ether oxygens (including phenoxy) is 1. The van der Waals surface area contributed by atoms with Crippen molar-refractivity contribution in [3.63, 3.8) is 0 Å². The summed E-state index contributed by atoms with van der Waals surface area (Å²) in [5, 5.41) is 0. The molecule has 1 amide bonds. The second kappa shape index (κ2) is 8.91. The highest BCUT2D eigenvalue weighted by Crippen LogP contribution is 2.42. The fourth-order valence-electron chi connectivity index (χ4n) is 5.29. The van der Waals surface area contributed by atoms with Gasteiger partial charge >= 0.3 is 0 Å². The Hall–Kier alpha value is -1.46. The lowest BCUT2D eigenvalue weighted by Crippen LogP contribution is -2.44. The SMILES string of the molecule is C[C@H]1CCCN(C[C@@H]2CC3(CCN(C(=O)CCc4cccnc4)CC3)CO2)C1. The van der Waals surface area contributed by atoms with Crippen LogP contribution in [0.3, 0.4) is 0 Å². The van der Waals surface area contributed by atoms with Crippen LogP contribution in [0.25, 0.3) is 0 Å². The minimum Gasteiger partial charge on any atom is -0.376 e. The molecule has 0 N–H and O–H groups in total. The molecule has 154 valence electrons. The molecule has 4 rings (SSSR count). The predicted octanol–water partition coefficient (Wildman–Crippen LogP) is 3.14. The highest BCUT2D eigenvalue weighted by Gasteiger charge is 2.43. The molecule has 0 bridgehead atoms. The summed E-state index contributed by atoms with van der Waals surface area (Å²) in [5.41, 5.74) is 1.45. The molecule has 4 heterocycles. The van der Waals surface area contributed by atoms with Gasteiger partial charge in [-0.25, -0.2) is 0 Å². The molecule has 3 fully saturated rings. The molecule has 1 aromatic heterocycles. The lowest BCUT2D eigenvalue weighted by Gasteiger charge is -2.39. The van der Waals surface area contributed by atoms with Gasteiger partial charge in [0.15, 0.2) is 0 Å². The summed E-state index contributed by atoms with van der Waals surface area (Å²) in [5.74, 6) is 1.11. The molecule has 1 aromatic rings. The molecule has 3 saturated heterocycles. The summed E-state index contributed by atoms with van der Waals surface area (Å²) in [6, 6.07) is 3.98. The maximum atomic E-state index is 12.6. The van der Waals surface area contributed by atoms with E-state index in [0.717, 1.165) is 57.0 Å². The predicted molar refractivity (Wildman–Crippen MR) is 110 cm³/mol. The van der Waals surface area contributed by atoms with E-state index in [1.165, 1.54) is 32.4 Å². The minimum atomic E-state index is 0.288. The Labute approximate surface area is 169 Å². The Balaban J connectivity index is 1.21. The van der Waals surface area contributed by atoms with E-state index in [1.807, 2.05) is 18.3 Å². The fraction of sp³-hybridized carbons (Fsp3) is 0.739. The van der Waals surface area contributed by atoms with Gasteiger partial charge in [0.1, 0.15) is 0 Å². The van der Waals surface area contributed by atoms with Crippen LogP contribution in [0.1, 0.15) is 51.0 Å². The normalized spacial score (nSPS) is 28.0. The third-order valence-electron chi connectivity index (χ3n) is 7.02. The van der Waals surface area contributed by atoms with Gasteiger partial charge < -0.3 is 14.5 Å². The van der Waals surface area contributed by atoms with E-state index in [4.69, 9.17) is 4.74 Å². The smallest absolute Gasteiger partial charge is 0.222 e. The van der Waals surface area contributed by atoms with E-state index >= 15 is 0 Å². The third kappa shape index (κ3) is 4.93. The number of aromatic nitrogens is 1. The molecular weight excluding hydrogens is 350 g/mol. The zero-order chi connectivity index (χ0) is 19.4. The fourth-order valence-corrected chi connectivity index (χ4v) is 5.29. The van der Waals surface area contributed by atoms with Gasteiger partial charge in [0.05, 0.1) is 12.7 Å². The van der Waals surface area contributed by atoms with Crippen molar-refractivity contribution < 1.29 is 9.53 Å². The molecule has 0 aliphatic carbocycles. The first-order valence-electron chi connectivity index (χ1n) is 11.1. The zero-order valence-electron chi connectivity index (χ0n) is 17.3. The highest BCUT2D eigenvalue weighted by atomic mass is 16.5. The van der Waals surface area contributed by atoms with Crippen LogP contribution < -0.4 is 0 Å². The second-order valence-corrected chi connectivity index (χ2v) is 9.39. The molecule has 2 atom stereocenters. The summed E-state index contributed by atoms with van der Waals surface area (Å²) in [6.07, 6.45) is 11.5. The van der Waals surface area contributed by atoms with Crippen molar-refractivity contribution in [3.05, 3.63) is 30.1 Å². The Morgan fingerprint density at radius 3 is 2.93 bits per heavy atom. The quantitative estimate of drug-likeness (QED) is 0.781. The molecule has 0 radical (unpaired) electrons. The molecule has 3 aliphatic rings. The number of carbonyl (C=O) groups is 1. The minimum absolute atomic E-state index is 0.288. The first-order valence-corrected chi connectivity index (χ1v) is 11.1. The van der Waals surface area contributed by atoms with Gasteiger partial charge in [-0.1, -0.05) is 13.0 Å². The molecule has 0 unspecified atom stereocenters.